The van der Waals surface area contributed by atoms with Gasteiger partial charge in [0.05, 0.1) is 16.8 Å². The van der Waals surface area contributed by atoms with E-state index in [0.29, 0.717) is 16.4 Å². The summed E-state index contributed by atoms with van der Waals surface area (Å²) in [7, 11) is 0. The number of carbonyl (C=O) groups is 2. The summed E-state index contributed by atoms with van der Waals surface area (Å²) in [5, 5.41) is 13.3. The lowest BCUT2D eigenvalue weighted by molar-refractivity contribution is -0.128. The van der Waals surface area contributed by atoms with Crippen LogP contribution in [0.15, 0.2) is 46.9 Å². The van der Waals surface area contributed by atoms with E-state index >= 15 is 0 Å². The van der Waals surface area contributed by atoms with Crippen molar-refractivity contribution >= 4 is 33.4 Å². The van der Waals surface area contributed by atoms with Crippen LogP contribution in [0.1, 0.15) is 29.8 Å². The number of halogens is 1. The average Bonchev–Trinajstić information content (AvgIpc) is 3.35. The molecule has 0 bridgehead atoms. The Morgan fingerprint density at radius 3 is 2.55 bits per heavy atom. The van der Waals surface area contributed by atoms with E-state index in [1.807, 2.05) is 18.2 Å². The largest absolute Gasteiger partial charge is 0.424 e. The normalized spacial score (nSPS) is 12.0. The van der Waals surface area contributed by atoms with Crippen LogP contribution in [-0.4, -0.2) is 27.0 Å². The Kier molecular flexibility index (Phi) is 5.72. The van der Waals surface area contributed by atoms with E-state index in [1.165, 1.54) is 30.4 Å². The van der Waals surface area contributed by atoms with Gasteiger partial charge < -0.3 is 15.1 Å². The minimum atomic E-state index is -0.965. The third-order valence-corrected chi connectivity index (χ3v) is 5.50. The lowest BCUT2D eigenvalue weighted by Crippen LogP contribution is -2.39. The topological polar surface area (TPSA) is 110 Å². The molecular formula is C21H18FN5O3S. The minimum absolute atomic E-state index is 0.0371. The minimum Gasteiger partial charge on any atom is -0.424 e. The molecule has 10 heteroatoms. The van der Waals surface area contributed by atoms with Crippen LogP contribution in [0.3, 0.4) is 0 Å². The van der Waals surface area contributed by atoms with Crippen molar-refractivity contribution in [2.75, 3.05) is 0 Å². The van der Waals surface area contributed by atoms with Crippen LogP contribution in [0, 0.1) is 12.7 Å². The first-order valence-electron chi connectivity index (χ1n) is 9.39. The monoisotopic (exact) mass is 439 g/mol. The highest BCUT2D eigenvalue weighted by atomic mass is 32.1. The Bertz CT molecular complexity index is 1250. The molecule has 1 atom stereocenters. The standard InChI is InChI=1S/C21H18FN5O3S/c1-11(28)24-19(20(29)23-10-18-27-26-12(2)30-18)21-25-16-8-5-14(9-17(16)31-21)13-3-6-15(22)7-4-13/h3-9,19H,10H2,1-2H3,(H,23,29)(H,24,28). The first-order chi connectivity index (χ1) is 14.9. The van der Waals surface area contributed by atoms with Gasteiger partial charge in [-0.15, -0.1) is 21.5 Å². The lowest BCUT2D eigenvalue weighted by Gasteiger charge is -2.14. The number of rotatable bonds is 6. The zero-order chi connectivity index (χ0) is 22.0. The number of hydrogen-bond acceptors (Lipinski definition) is 7. The number of hydrogen-bond donors (Lipinski definition) is 2. The van der Waals surface area contributed by atoms with Gasteiger partial charge in [0.15, 0.2) is 6.04 Å². The molecule has 8 nitrogen and oxygen atoms in total. The van der Waals surface area contributed by atoms with Crippen LogP contribution in [0.4, 0.5) is 4.39 Å². The van der Waals surface area contributed by atoms with Crippen LogP contribution >= 0.6 is 11.3 Å². The van der Waals surface area contributed by atoms with Crippen molar-refractivity contribution in [1.29, 1.82) is 0 Å². The third-order valence-electron chi connectivity index (χ3n) is 4.42. The van der Waals surface area contributed by atoms with Crippen molar-refractivity contribution in [1.82, 2.24) is 25.8 Å². The van der Waals surface area contributed by atoms with Gasteiger partial charge in [0.1, 0.15) is 10.8 Å². The highest BCUT2D eigenvalue weighted by Crippen LogP contribution is 2.31. The molecule has 0 aliphatic heterocycles. The third kappa shape index (κ3) is 4.75. The molecule has 31 heavy (non-hydrogen) atoms. The summed E-state index contributed by atoms with van der Waals surface area (Å²) in [5.74, 6) is -0.444. The van der Waals surface area contributed by atoms with Gasteiger partial charge in [0.2, 0.25) is 23.6 Å². The SMILES string of the molecule is CC(=O)NC(C(=O)NCc1nnc(C)o1)c1nc2ccc(-c3ccc(F)cc3)cc2s1. The van der Waals surface area contributed by atoms with E-state index in [0.717, 1.165) is 15.8 Å². The van der Waals surface area contributed by atoms with Gasteiger partial charge in [-0.1, -0.05) is 18.2 Å². The molecule has 2 amide bonds. The summed E-state index contributed by atoms with van der Waals surface area (Å²) in [6.45, 7) is 3.02. The van der Waals surface area contributed by atoms with Gasteiger partial charge in [0, 0.05) is 13.8 Å². The number of aryl methyl sites for hydroxylation is 1. The van der Waals surface area contributed by atoms with Crippen LogP contribution < -0.4 is 10.6 Å². The van der Waals surface area contributed by atoms with E-state index in [2.05, 4.69) is 25.8 Å². The number of benzene rings is 2. The smallest absolute Gasteiger partial charge is 0.250 e. The maximum Gasteiger partial charge on any atom is 0.250 e. The Labute approximate surface area is 180 Å². The fourth-order valence-corrected chi connectivity index (χ4v) is 4.06. The summed E-state index contributed by atoms with van der Waals surface area (Å²) in [5.41, 5.74) is 2.46. The molecule has 2 N–H and O–H groups in total. The van der Waals surface area contributed by atoms with Crippen molar-refractivity contribution in [3.05, 3.63) is 65.1 Å². The quantitative estimate of drug-likeness (QED) is 0.477. The number of amides is 2. The molecule has 2 aromatic heterocycles. The zero-order valence-corrected chi connectivity index (χ0v) is 17.5. The Hall–Kier alpha value is -3.66. The molecule has 0 fully saturated rings. The van der Waals surface area contributed by atoms with Crippen LogP contribution in [-0.2, 0) is 16.1 Å². The number of aromatic nitrogens is 3. The Morgan fingerprint density at radius 2 is 1.87 bits per heavy atom. The zero-order valence-electron chi connectivity index (χ0n) is 16.7. The van der Waals surface area contributed by atoms with Crippen molar-refractivity contribution in [2.45, 2.75) is 26.4 Å². The highest BCUT2D eigenvalue weighted by Gasteiger charge is 2.25. The maximum atomic E-state index is 13.2. The Balaban J connectivity index is 1.59. The molecular weight excluding hydrogens is 421 g/mol. The molecule has 4 aromatic rings. The fourth-order valence-electron chi connectivity index (χ4n) is 3.00. The average molecular weight is 439 g/mol. The molecule has 0 spiro atoms. The van der Waals surface area contributed by atoms with Gasteiger partial charge in [-0.2, -0.15) is 0 Å². The van der Waals surface area contributed by atoms with Crippen LogP contribution in [0.5, 0.6) is 0 Å². The second kappa shape index (κ2) is 8.60. The number of nitrogens with zero attached hydrogens (tertiary/aromatic N) is 3. The van der Waals surface area contributed by atoms with Crippen LogP contribution in [0.25, 0.3) is 21.3 Å². The molecule has 158 valence electrons. The predicted octanol–water partition coefficient (Wildman–Crippen LogP) is 3.29. The number of fused-ring (bicyclic) bond motifs is 1. The van der Waals surface area contributed by atoms with Crippen molar-refractivity contribution < 1.29 is 18.4 Å². The van der Waals surface area contributed by atoms with Crippen molar-refractivity contribution in [3.8, 4) is 11.1 Å². The van der Waals surface area contributed by atoms with E-state index in [9.17, 15) is 14.0 Å². The second-order valence-corrected chi connectivity index (χ2v) is 7.87. The Morgan fingerprint density at radius 1 is 1.13 bits per heavy atom. The highest BCUT2D eigenvalue weighted by molar-refractivity contribution is 7.18. The second-order valence-electron chi connectivity index (χ2n) is 6.81. The van der Waals surface area contributed by atoms with Gasteiger partial charge in [-0.3, -0.25) is 9.59 Å². The van der Waals surface area contributed by atoms with Crippen molar-refractivity contribution in [2.24, 2.45) is 0 Å². The summed E-state index contributed by atoms with van der Waals surface area (Å²) in [4.78, 5) is 29.0. The molecule has 0 aliphatic rings. The summed E-state index contributed by atoms with van der Waals surface area (Å²) in [6, 6.07) is 10.9. The maximum absolute atomic E-state index is 13.2. The number of thiazole rings is 1. The van der Waals surface area contributed by atoms with Crippen LogP contribution in [0.2, 0.25) is 0 Å². The molecule has 0 saturated heterocycles. The van der Waals surface area contributed by atoms with Gasteiger partial charge >= 0.3 is 0 Å². The van der Waals surface area contributed by atoms with E-state index in [-0.39, 0.29) is 24.2 Å². The molecule has 2 aromatic carbocycles. The fraction of sp³-hybridized carbons (Fsp3) is 0.190. The molecule has 0 radical (unpaired) electrons. The van der Waals surface area contributed by atoms with Gasteiger partial charge in [0.25, 0.3) is 0 Å². The lowest BCUT2D eigenvalue weighted by atomic mass is 10.1. The summed E-state index contributed by atoms with van der Waals surface area (Å²) < 4.78 is 19.3. The summed E-state index contributed by atoms with van der Waals surface area (Å²) in [6.07, 6.45) is 0. The number of carbonyl (C=O) groups excluding carboxylic acids is 2. The summed E-state index contributed by atoms with van der Waals surface area (Å²) >= 11 is 1.30. The molecule has 2 heterocycles. The molecule has 0 saturated carbocycles. The van der Waals surface area contributed by atoms with Crippen molar-refractivity contribution in [3.63, 3.8) is 0 Å². The first kappa shape index (κ1) is 20.6. The molecule has 4 rings (SSSR count). The van der Waals surface area contributed by atoms with E-state index in [4.69, 9.17) is 4.42 Å². The first-order valence-corrected chi connectivity index (χ1v) is 10.2. The van der Waals surface area contributed by atoms with E-state index < -0.39 is 11.9 Å². The van der Waals surface area contributed by atoms with E-state index in [1.54, 1.807) is 19.1 Å². The molecule has 1 unspecified atom stereocenters. The molecule has 0 aliphatic carbocycles. The number of nitrogens with one attached hydrogen (secondary N) is 2. The van der Waals surface area contributed by atoms with Gasteiger partial charge in [-0.25, -0.2) is 9.37 Å². The predicted molar refractivity (Wildman–Crippen MR) is 112 cm³/mol. The van der Waals surface area contributed by atoms with Gasteiger partial charge in [-0.05, 0) is 35.4 Å².